The first-order valence-electron chi connectivity index (χ1n) is 12.9. The summed E-state index contributed by atoms with van der Waals surface area (Å²) in [5.41, 5.74) is 2.07. The number of nitrogens with zero attached hydrogens (tertiary/aromatic N) is 5. The van der Waals surface area contributed by atoms with Gasteiger partial charge in [0, 0.05) is 57.4 Å². The van der Waals surface area contributed by atoms with Crippen LogP contribution in [0.2, 0.25) is 0 Å². The number of oxazole rings is 1. The van der Waals surface area contributed by atoms with Gasteiger partial charge in [-0.3, -0.25) is 14.7 Å². The Kier molecular flexibility index (Phi) is 7.56. The van der Waals surface area contributed by atoms with E-state index in [4.69, 9.17) is 9.15 Å². The van der Waals surface area contributed by atoms with E-state index in [0.29, 0.717) is 43.5 Å². The van der Waals surface area contributed by atoms with Gasteiger partial charge in [-0.05, 0) is 46.6 Å². The summed E-state index contributed by atoms with van der Waals surface area (Å²) >= 11 is 0. The molecule has 0 aliphatic carbocycles. The van der Waals surface area contributed by atoms with Crippen molar-refractivity contribution in [3.05, 3.63) is 28.5 Å². The first kappa shape index (κ1) is 26.3. The number of amidine groups is 1. The summed E-state index contributed by atoms with van der Waals surface area (Å²) < 4.78 is 10.8. The lowest BCUT2D eigenvalue weighted by Gasteiger charge is -2.47. The Bertz CT molecular complexity index is 1070. The van der Waals surface area contributed by atoms with Crippen LogP contribution in [0.3, 0.4) is 0 Å². The summed E-state index contributed by atoms with van der Waals surface area (Å²) in [6.45, 7) is 16.3. The van der Waals surface area contributed by atoms with Gasteiger partial charge in [0.25, 0.3) is 5.91 Å². The van der Waals surface area contributed by atoms with Gasteiger partial charge in [-0.15, -0.1) is 0 Å². The Morgan fingerprint density at radius 3 is 2.64 bits per heavy atom. The first-order valence-corrected chi connectivity index (χ1v) is 12.9. The van der Waals surface area contributed by atoms with E-state index in [0.717, 1.165) is 37.3 Å². The number of methoxy groups -OCH3 is 1. The third-order valence-corrected chi connectivity index (χ3v) is 7.74. The van der Waals surface area contributed by atoms with Gasteiger partial charge < -0.3 is 24.3 Å². The van der Waals surface area contributed by atoms with Crippen LogP contribution in [0.15, 0.2) is 20.6 Å². The Morgan fingerprint density at radius 2 is 1.97 bits per heavy atom. The van der Waals surface area contributed by atoms with E-state index in [2.05, 4.69) is 47.9 Å². The molecular formula is C26H40N6O4. The Hall–Kier alpha value is -2.72. The topological polar surface area (TPSA) is 104 Å². The summed E-state index contributed by atoms with van der Waals surface area (Å²) in [6.07, 6.45) is 1.60. The van der Waals surface area contributed by atoms with E-state index in [1.54, 1.807) is 14.0 Å². The minimum Gasteiger partial charge on any atom is -0.435 e. The molecule has 3 aliphatic heterocycles. The standard InChI is InChI=1S/C26H40N6O4/c1-8-21-28-18(4)22(36-21)24(33)29-23-19-15-32(26(5,6)20(19)12-27-23)25(34)31-14-16(2)30(13-17(31)3)10-9-11-35-7/h16-17H,8-15H2,1-7H3,(H,27,29,33)/t16-,17+/m1/s1. The molecule has 0 radical (unpaired) electrons. The van der Waals surface area contributed by atoms with E-state index < -0.39 is 5.54 Å². The van der Waals surface area contributed by atoms with E-state index in [9.17, 15) is 9.59 Å². The fourth-order valence-electron chi connectivity index (χ4n) is 5.49. The summed E-state index contributed by atoms with van der Waals surface area (Å²) in [4.78, 5) is 42.0. The molecule has 198 valence electrons. The average molecular weight is 501 g/mol. The molecule has 1 fully saturated rings. The van der Waals surface area contributed by atoms with Crippen LogP contribution in [0, 0.1) is 6.92 Å². The molecule has 0 spiro atoms. The number of hydrogen-bond donors (Lipinski definition) is 1. The molecule has 0 saturated carbocycles. The molecule has 10 heteroatoms. The minimum absolute atomic E-state index is 0.0367. The van der Waals surface area contributed by atoms with Crippen molar-refractivity contribution >= 4 is 17.8 Å². The van der Waals surface area contributed by atoms with Crippen molar-refractivity contribution in [2.45, 2.75) is 72.0 Å². The lowest BCUT2D eigenvalue weighted by Crippen LogP contribution is -2.62. The molecule has 0 bridgehead atoms. The Labute approximate surface area is 213 Å². The molecule has 4 heterocycles. The van der Waals surface area contributed by atoms with Crippen LogP contribution in [0.25, 0.3) is 0 Å². The molecule has 2 atom stereocenters. The zero-order valence-corrected chi connectivity index (χ0v) is 22.7. The number of ether oxygens (including phenoxy) is 1. The molecule has 1 saturated heterocycles. The van der Waals surface area contributed by atoms with Crippen molar-refractivity contribution in [1.82, 2.24) is 25.0 Å². The van der Waals surface area contributed by atoms with E-state index in [1.165, 1.54) is 0 Å². The highest BCUT2D eigenvalue weighted by Crippen LogP contribution is 2.39. The summed E-state index contributed by atoms with van der Waals surface area (Å²) in [7, 11) is 1.73. The van der Waals surface area contributed by atoms with Gasteiger partial charge in [0.05, 0.1) is 24.3 Å². The minimum atomic E-state index is -0.488. The number of amides is 3. The van der Waals surface area contributed by atoms with Crippen LogP contribution < -0.4 is 5.32 Å². The molecule has 1 N–H and O–H groups in total. The average Bonchev–Trinajstić information content (AvgIpc) is 3.49. The lowest BCUT2D eigenvalue weighted by molar-refractivity contribution is 0.0384. The van der Waals surface area contributed by atoms with Crippen molar-refractivity contribution in [2.24, 2.45) is 4.99 Å². The Balaban J connectivity index is 1.44. The van der Waals surface area contributed by atoms with Gasteiger partial charge in [-0.25, -0.2) is 9.78 Å². The normalized spacial score (nSPS) is 23.8. The highest BCUT2D eigenvalue weighted by molar-refractivity contribution is 6.14. The van der Waals surface area contributed by atoms with Gasteiger partial charge in [-0.1, -0.05) is 6.92 Å². The number of aryl methyl sites for hydroxylation is 2. The summed E-state index contributed by atoms with van der Waals surface area (Å²) in [5, 5.41) is 2.92. The van der Waals surface area contributed by atoms with Crippen LogP contribution >= 0.6 is 0 Å². The van der Waals surface area contributed by atoms with Gasteiger partial charge in [0.2, 0.25) is 5.76 Å². The highest BCUT2D eigenvalue weighted by Gasteiger charge is 2.48. The third kappa shape index (κ3) is 4.80. The predicted molar refractivity (Wildman–Crippen MR) is 137 cm³/mol. The number of rotatable bonds is 6. The Morgan fingerprint density at radius 1 is 1.22 bits per heavy atom. The second-order valence-corrected chi connectivity index (χ2v) is 10.6. The molecule has 10 nitrogen and oxygen atoms in total. The fourth-order valence-corrected chi connectivity index (χ4v) is 5.49. The van der Waals surface area contributed by atoms with Gasteiger partial charge in [0.1, 0.15) is 5.84 Å². The van der Waals surface area contributed by atoms with Crippen LogP contribution in [0.4, 0.5) is 4.79 Å². The van der Waals surface area contributed by atoms with Crippen molar-refractivity contribution in [1.29, 1.82) is 0 Å². The number of nitrogens with one attached hydrogen (secondary N) is 1. The van der Waals surface area contributed by atoms with E-state index in [-0.39, 0.29) is 29.8 Å². The number of aromatic nitrogens is 1. The number of piperazine rings is 1. The van der Waals surface area contributed by atoms with Crippen molar-refractivity contribution < 1.29 is 18.7 Å². The molecular weight excluding hydrogens is 460 g/mol. The second kappa shape index (κ2) is 10.3. The molecule has 3 aliphatic rings. The summed E-state index contributed by atoms with van der Waals surface area (Å²) in [6, 6.07) is 0.425. The van der Waals surface area contributed by atoms with Crippen molar-refractivity contribution in [2.75, 3.05) is 46.4 Å². The highest BCUT2D eigenvalue weighted by atomic mass is 16.5. The maximum Gasteiger partial charge on any atom is 0.321 e. The second-order valence-electron chi connectivity index (χ2n) is 10.6. The molecule has 1 aromatic rings. The van der Waals surface area contributed by atoms with Crippen molar-refractivity contribution in [3.63, 3.8) is 0 Å². The number of aliphatic imine (C=N–C) groups is 1. The number of urea groups is 1. The SMILES string of the molecule is CCc1nc(C)c(C(=O)NC2=NCC3=C2CN(C(=O)N2C[C@@H](C)N(CCCOC)C[C@@H]2C)C3(C)C)o1. The van der Waals surface area contributed by atoms with E-state index in [1.807, 2.05) is 16.7 Å². The number of carbonyl (C=O) groups is 2. The maximum atomic E-state index is 13.8. The first-order chi connectivity index (χ1) is 17.1. The molecule has 0 aromatic carbocycles. The monoisotopic (exact) mass is 500 g/mol. The summed E-state index contributed by atoms with van der Waals surface area (Å²) in [5.74, 6) is 0.908. The number of hydrogen-bond acceptors (Lipinski definition) is 7. The molecule has 36 heavy (non-hydrogen) atoms. The molecule has 4 rings (SSSR count). The zero-order valence-electron chi connectivity index (χ0n) is 22.7. The van der Waals surface area contributed by atoms with Gasteiger partial charge in [-0.2, -0.15) is 0 Å². The van der Waals surface area contributed by atoms with E-state index >= 15 is 0 Å². The maximum absolute atomic E-state index is 13.8. The lowest BCUT2D eigenvalue weighted by atomic mass is 9.94. The van der Waals surface area contributed by atoms with Crippen LogP contribution in [0.5, 0.6) is 0 Å². The largest absolute Gasteiger partial charge is 0.435 e. The smallest absolute Gasteiger partial charge is 0.321 e. The van der Waals surface area contributed by atoms with Crippen LogP contribution in [0.1, 0.15) is 63.2 Å². The van der Waals surface area contributed by atoms with Crippen LogP contribution in [-0.4, -0.2) is 102 Å². The third-order valence-electron chi connectivity index (χ3n) is 7.74. The predicted octanol–water partition coefficient (Wildman–Crippen LogP) is 2.63. The molecule has 0 unspecified atom stereocenters. The molecule has 1 aromatic heterocycles. The number of carbonyl (C=O) groups excluding carboxylic acids is 2. The van der Waals surface area contributed by atoms with Gasteiger partial charge >= 0.3 is 6.03 Å². The zero-order chi connectivity index (χ0) is 26.2. The van der Waals surface area contributed by atoms with Crippen molar-refractivity contribution in [3.8, 4) is 0 Å². The van der Waals surface area contributed by atoms with Gasteiger partial charge in [0.15, 0.2) is 5.89 Å². The fraction of sp³-hybridized carbons (Fsp3) is 0.692. The molecule has 3 amide bonds. The quantitative estimate of drug-likeness (QED) is 0.603. The van der Waals surface area contributed by atoms with Crippen LogP contribution in [-0.2, 0) is 11.2 Å².